The minimum Gasteiger partial charge on any atom is -0.465 e. The van der Waals surface area contributed by atoms with Crippen LogP contribution in [0.4, 0.5) is 0 Å². The molecule has 0 heterocycles. The van der Waals surface area contributed by atoms with Crippen LogP contribution < -0.4 is 0 Å². The SMILES string of the molecule is CCOC(=O)C(O)C(C(C)=O)C(=O)OCC. The van der Waals surface area contributed by atoms with Crippen molar-refractivity contribution in [1.29, 1.82) is 0 Å². The smallest absolute Gasteiger partial charge is 0.336 e. The molecule has 0 aliphatic rings. The van der Waals surface area contributed by atoms with Gasteiger partial charge >= 0.3 is 11.9 Å². The van der Waals surface area contributed by atoms with E-state index in [0.29, 0.717) is 0 Å². The minimum absolute atomic E-state index is 0.0589. The quantitative estimate of drug-likeness (QED) is 0.498. The van der Waals surface area contributed by atoms with Crippen LogP contribution in [0, 0.1) is 5.92 Å². The fourth-order valence-electron chi connectivity index (χ4n) is 1.11. The summed E-state index contributed by atoms with van der Waals surface area (Å²) < 4.78 is 9.10. The lowest BCUT2D eigenvalue weighted by molar-refractivity contribution is -0.168. The van der Waals surface area contributed by atoms with Gasteiger partial charge in [0.1, 0.15) is 5.78 Å². The Morgan fingerprint density at radius 1 is 1.06 bits per heavy atom. The van der Waals surface area contributed by atoms with Gasteiger partial charge in [-0.05, 0) is 20.8 Å². The molecule has 1 N–H and O–H groups in total. The Morgan fingerprint density at radius 3 is 1.88 bits per heavy atom. The van der Waals surface area contributed by atoms with Crippen molar-refractivity contribution >= 4 is 17.7 Å². The first-order valence-corrected chi connectivity index (χ1v) is 4.97. The summed E-state index contributed by atoms with van der Waals surface area (Å²) in [5.41, 5.74) is 0. The molecule has 0 aromatic carbocycles. The number of carbonyl (C=O) groups excluding carboxylic acids is 3. The molecule has 0 saturated carbocycles. The first-order valence-electron chi connectivity index (χ1n) is 4.97. The third-order valence-corrected chi connectivity index (χ3v) is 1.82. The summed E-state index contributed by atoms with van der Waals surface area (Å²) in [6, 6.07) is 0. The highest BCUT2D eigenvalue weighted by molar-refractivity contribution is 6.02. The van der Waals surface area contributed by atoms with Gasteiger partial charge in [0.15, 0.2) is 12.0 Å². The highest BCUT2D eigenvalue weighted by atomic mass is 16.6. The molecular weight excluding hydrogens is 216 g/mol. The molecule has 2 unspecified atom stereocenters. The average molecular weight is 232 g/mol. The van der Waals surface area contributed by atoms with Crippen molar-refractivity contribution in [3.63, 3.8) is 0 Å². The lowest BCUT2D eigenvalue weighted by Crippen LogP contribution is -2.41. The van der Waals surface area contributed by atoms with Crippen LogP contribution in [0.5, 0.6) is 0 Å². The fraction of sp³-hybridized carbons (Fsp3) is 0.700. The molecule has 0 saturated heterocycles. The van der Waals surface area contributed by atoms with Gasteiger partial charge in [-0.1, -0.05) is 0 Å². The Bertz CT molecular complexity index is 272. The van der Waals surface area contributed by atoms with E-state index >= 15 is 0 Å². The van der Waals surface area contributed by atoms with Crippen LogP contribution in [0.1, 0.15) is 20.8 Å². The van der Waals surface area contributed by atoms with Crippen molar-refractivity contribution in [2.75, 3.05) is 13.2 Å². The molecular formula is C10H16O6. The number of carbonyl (C=O) groups is 3. The Kier molecular flexibility index (Phi) is 6.32. The summed E-state index contributed by atoms with van der Waals surface area (Å²) >= 11 is 0. The number of aliphatic hydroxyl groups is 1. The average Bonchev–Trinajstić information content (AvgIpc) is 2.17. The summed E-state index contributed by atoms with van der Waals surface area (Å²) in [4.78, 5) is 33.6. The van der Waals surface area contributed by atoms with Gasteiger partial charge in [0.2, 0.25) is 0 Å². The van der Waals surface area contributed by atoms with Crippen LogP contribution in [-0.2, 0) is 23.9 Å². The zero-order chi connectivity index (χ0) is 12.7. The van der Waals surface area contributed by atoms with Gasteiger partial charge in [0.25, 0.3) is 0 Å². The molecule has 92 valence electrons. The first-order chi connectivity index (χ1) is 7.45. The standard InChI is InChI=1S/C10H16O6/c1-4-15-9(13)7(6(3)11)8(12)10(14)16-5-2/h7-8,12H,4-5H2,1-3H3. The monoisotopic (exact) mass is 232 g/mol. The third-order valence-electron chi connectivity index (χ3n) is 1.82. The van der Waals surface area contributed by atoms with Crippen molar-refractivity contribution < 1.29 is 29.0 Å². The lowest BCUT2D eigenvalue weighted by atomic mass is 9.98. The van der Waals surface area contributed by atoms with E-state index in [2.05, 4.69) is 9.47 Å². The molecule has 0 spiro atoms. The maximum absolute atomic E-state index is 11.3. The van der Waals surface area contributed by atoms with Gasteiger partial charge in [0.05, 0.1) is 13.2 Å². The molecule has 16 heavy (non-hydrogen) atoms. The zero-order valence-corrected chi connectivity index (χ0v) is 9.56. The van der Waals surface area contributed by atoms with Crippen molar-refractivity contribution in [3.8, 4) is 0 Å². The second-order valence-corrected chi connectivity index (χ2v) is 3.04. The van der Waals surface area contributed by atoms with E-state index in [4.69, 9.17) is 0 Å². The number of hydrogen-bond acceptors (Lipinski definition) is 6. The zero-order valence-electron chi connectivity index (χ0n) is 9.56. The molecule has 0 aliphatic carbocycles. The van der Waals surface area contributed by atoms with Crippen LogP contribution in [0.2, 0.25) is 0 Å². The van der Waals surface area contributed by atoms with Crippen molar-refractivity contribution in [3.05, 3.63) is 0 Å². The van der Waals surface area contributed by atoms with Gasteiger partial charge in [-0.15, -0.1) is 0 Å². The van der Waals surface area contributed by atoms with Crippen LogP contribution in [0.3, 0.4) is 0 Å². The molecule has 0 radical (unpaired) electrons. The van der Waals surface area contributed by atoms with Gasteiger partial charge in [-0.2, -0.15) is 0 Å². The molecule has 0 aromatic heterocycles. The van der Waals surface area contributed by atoms with Crippen LogP contribution in [-0.4, -0.2) is 42.1 Å². The molecule has 6 nitrogen and oxygen atoms in total. The van der Waals surface area contributed by atoms with E-state index in [1.165, 1.54) is 0 Å². The molecule has 2 atom stereocenters. The minimum atomic E-state index is -1.81. The molecule has 0 aliphatic heterocycles. The van der Waals surface area contributed by atoms with E-state index in [1.54, 1.807) is 13.8 Å². The molecule has 0 rings (SSSR count). The summed E-state index contributed by atoms with van der Waals surface area (Å²) in [5.74, 6) is -4.08. The van der Waals surface area contributed by atoms with E-state index in [1.807, 2.05) is 0 Å². The highest BCUT2D eigenvalue weighted by Crippen LogP contribution is 2.10. The molecule has 0 bridgehead atoms. The maximum Gasteiger partial charge on any atom is 0.336 e. The molecule has 0 fully saturated rings. The Labute approximate surface area is 93.5 Å². The van der Waals surface area contributed by atoms with E-state index in [9.17, 15) is 19.5 Å². The molecule has 0 aromatic rings. The third kappa shape index (κ3) is 3.98. The molecule has 6 heteroatoms. The van der Waals surface area contributed by atoms with Crippen LogP contribution in [0.15, 0.2) is 0 Å². The topological polar surface area (TPSA) is 89.9 Å². The Morgan fingerprint density at radius 2 is 1.50 bits per heavy atom. The predicted octanol–water partition coefficient (Wildman–Crippen LogP) is -0.321. The molecule has 0 amide bonds. The second-order valence-electron chi connectivity index (χ2n) is 3.04. The van der Waals surface area contributed by atoms with Crippen molar-refractivity contribution in [2.24, 2.45) is 5.92 Å². The predicted molar refractivity (Wildman–Crippen MR) is 53.4 cm³/mol. The lowest BCUT2D eigenvalue weighted by Gasteiger charge is -2.17. The number of ketones is 1. The Hall–Kier alpha value is -1.43. The summed E-state index contributed by atoms with van der Waals surface area (Å²) in [6.07, 6.45) is -1.81. The highest BCUT2D eigenvalue weighted by Gasteiger charge is 2.37. The number of ether oxygens (including phenoxy) is 2. The number of Topliss-reactive ketones (excluding diaryl/α,β-unsaturated/α-hetero) is 1. The summed E-state index contributed by atoms with van der Waals surface area (Å²) in [7, 11) is 0. The van der Waals surface area contributed by atoms with E-state index in [-0.39, 0.29) is 13.2 Å². The number of rotatable bonds is 6. The number of hydrogen-bond donors (Lipinski definition) is 1. The van der Waals surface area contributed by atoms with E-state index < -0.39 is 29.7 Å². The number of aliphatic hydroxyl groups excluding tert-OH is 1. The van der Waals surface area contributed by atoms with E-state index in [0.717, 1.165) is 6.92 Å². The van der Waals surface area contributed by atoms with Gasteiger partial charge < -0.3 is 14.6 Å². The van der Waals surface area contributed by atoms with Gasteiger partial charge in [0, 0.05) is 0 Å². The normalized spacial score (nSPS) is 13.8. The summed E-state index contributed by atoms with van der Waals surface area (Å²) in [6.45, 7) is 4.34. The fourth-order valence-corrected chi connectivity index (χ4v) is 1.11. The van der Waals surface area contributed by atoms with Crippen LogP contribution >= 0.6 is 0 Å². The van der Waals surface area contributed by atoms with Crippen molar-refractivity contribution in [1.82, 2.24) is 0 Å². The van der Waals surface area contributed by atoms with Gasteiger partial charge in [-0.3, -0.25) is 9.59 Å². The maximum atomic E-state index is 11.3. The van der Waals surface area contributed by atoms with Gasteiger partial charge in [-0.25, -0.2) is 4.79 Å². The summed E-state index contributed by atoms with van der Waals surface area (Å²) in [5, 5.41) is 9.48. The van der Waals surface area contributed by atoms with Crippen molar-refractivity contribution in [2.45, 2.75) is 26.9 Å². The largest absolute Gasteiger partial charge is 0.465 e. The Balaban J connectivity index is 4.71. The first kappa shape index (κ1) is 14.6. The second kappa shape index (κ2) is 6.95. The number of esters is 2. The van der Waals surface area contributed by atoms with Crippen LogP contribution in [0.25, 0.3) is 0 Å².